The number of hydrogen-bond donors (Lipinski definition) is 2. The van der Waals surface area contributed by atoms with E-state index in [4.69, 9.17) is 17.3 Å². The van der Waals surface area contributed by atoms with E-state index in [1.54, 1.807) is 0 Å². The molecule has 1 rings (SSSR count). The molecule has 0 atom stereocenters. The van der Waals surface area contributed by atoms with E-state index in [1.807, 2.05) is 24.3 Å². The molecule has 0 unspecified atom stereocenters. The molecule has 3 N–H and O–H groups in total. The van der Waals surface area contributed by atoms with Crippen LogP contribution in [0.15, 0.2) is 24.3 Å². The highest BCUT2D eigenvalue weighted by Crippen LogP contribution is 2.10. The molecule has 0 fully saturated rings. The lowest BCUT2D eigenvalue weighted by molar-refractivity contribution is -0.121. The van der Waals surface area contributed by atoms with Crippen molar-refractivity contribution in [3.63, 3.8) is 0 Å². The Morgan fingerprint density at radius 3 is 2.53 bits per heavy atom. The fourth-order valence-electron chi connectivity index (χ4n) is 1.33. The number of benzene rings is 1. The normalized spacial score (nSPS) is 9.53. The van der Waals surface area contributed by atoms with E-state index in [0.29, 0.717) is 19.5 Å². The molecule has 0 saturated carbocycles. The lowest BCUT2D eigenvalue weighted by atomic mass is 10.1. The number of rotatable bonds is 6. The lowest BCUT2D eigenvalue weighted by Gasteiger charge is -2.04. The smallest absolute Gasteiger partial charge is 0.220 e. The maximum atomic E-state index is 11.4. The third-order valence-electron chi connectivity index (χ3n) is 2.26. The Hall–Kier alpha value is -0.770. The topological polar surface area (TPSA) is 55.1 Å². The molecule has 1 amide bonds. The minimum absolute atomic E-state index is 0. The zero-order valence-corrected chi connectivity index (χ0v) is 11.2. The van der Waals surface area contributed by atoms with Crippen LogP contribution < -0.4 is 11.1 Å². The number of aryl methyl sites for hydroxylation is 1. The van der Waals surface area contributed by atoms with Crippen LogP contribution in [-0.4, -0.2) is 19.0 Å². The zero-order chi connectivity index (χ0) is 11.8. The summed E-state index contributed by atoms with van der Waals surface area (Å²) >= 11 is 5.77. The molecule has 0 radical (unpaired) electrons. The van der Waals surface area contributed by atoms with Gasteiger partial charge >= 0.3 is 0 Å². The Morgan fingerprint density at radius 2 is 1.94 bits per heavy atom. The molecule has 1 aromatic rings. The maximum Gasteiger partial charge on any atom is 0.220 e. The quantitative estimate of drug-likeness (QED) is 0.783. The van der Waals surface area contributed by atoms with E-state index < -0.39 is 0 Å². The Kier molecular flexibility index (Phi) is 8.86. The average molecular weight is 277 g/mol. The molecule has 0 saturated heterocycles. The second-order valence-electron chi connectivity index (χ2n) is 3.62. The van der Waals surface area contributed by atoms with Gasteiger partial charge in [-0.05, 0) is 37.1 Å². The van der Waals surface area contributed by atoms with Gasteiger partial charge in [0.2, 0.25) is 5.91 Å². The van der Waals surface area contributed by atoms with Gasteiger partial charge in [-0.15, -0.1) is 12.4 Å². The van der Waals surface area contributed by atoms with Crippen molar-refractivity contribution in [2.45, 2.75) is 19.3 Å². The standard InChI is InChI=1S/C12H17ClN2O.ClH/c13-11-5-2-10(3-6-11)4-7-12(16)15-9-1-8-14;/h2-3,5-6H,1,4,7-9,14H2,(H,15,16);1H. The van der Waals surface area contributed by atoms with Gasteiger partial charge in [-0.2, -0.15) is 0 Å². The molecular formula is C12H18Cl2N2O. The van der Waals surface area contributed by atoms with E-state index in [0.717, 1.165) is 23.4 Å². The lowest BCUT2D eigenvalue weighted by Crippen LogP contribution is -2.26. The number of carbonyl (C=O) groups excluding carboxylic acids is 1. The van der Waals surface area contributed by atoms with Crippen LogP contribution in [0.2, 0.25) is 5.02 Å². The fourth-order valence-corrected chi connectivity index (χ4v) is 1.45. The van der Waals surface area contributed by atoms with Gasteiger partial charge in [-0.25, -0.2) is 0 Å². The Labute approximate surface area is 113 Å². The molecule has 3 nitrogen and oxygen atoms in total. The van der Waals surface area contributed by atoms with Crippen LogP contribution in [-0.2, 0) is 11.2 Å². The van der Waals surface area contributed by atoms with Crippen molar-refractivity contribution in [2.24, 2.45) is 5.73 Å². The number of amides is 1. The SMILES string of the molecule is Cl.NCCCNC(=O)CCc1ccc(Cl)cc1. The number of hydrogen-bond acceptors (Lipinski definition) is 2. The molecule has 96 valence electrons. The summed E-state index contributed by atoms with van der Waals surface area (Å²) in [5, 5.41) is 3.54. The molecule has 0 aromatic heterocycles. The molecule has 5 heteroatoms. The van der Waals surface area contributed by atoms with Gasteiger partial charge in [-0.1, -0.05) is 23.7 Å². The molecule has 1 aromatic carbocycles. The highest BCUT2D eigenvalue weighted by molar-refractivity contribution is 6.30. The van der Waals surface area contributed by atoms with Crippen molar-refractivity contribution in [2.75, 3.05) is 13.1 Å². The first-order chi connectivity index (χ1) is 7.72. The van der Waals surface area contributed by atoms with Crippen molar-refractivity contribution in [3.8, 4) is 0 Å². The van der Waals surface area contributed by atoms with E-state index in [2.05, 4.69) is 5.32 Å². The monoisotopic (exact) mass is 276 g/mol. The van der Waals surface area contributed by atoms with Gasteiger partial charge in [-0.3, -0.25) is 4.79 Å². The number of carbonyl (C=O) groups is 1. The van der Waals surface area contributed by atoms with Crippen LogP contribution in [0.5, 0.6) is 0 Å². The summed E-state index contributed by atoms with van der Waals surface area (Å²) in [5.74, 6) is 0.0726. The minimum atomic E-state index is 0. The van der Waals surface area contributed by atoms with Crippen molar-refractivity contribution in [1.29, 1.82) is 0 Å². The summed E-state index contributed by atoms with van der Waals surface area (Å²) < 4.78 is 0. The summed E-state index contributed by atoms with van der Waals surface area (Å²) in [5.41, 5.74) is 6.45. The van der Waals surface area contributed by atoms with Crippen LogP contribution in [0.3, 0.4) is 0 Å². The Bertz CT molecular complexity index is 328. The molecule has 17 heavy (non-hydrogen) atoms. The van der Waals surface area contributed by atoms with Gasteiger partial charge in [0.1, 0.15) is 0 Å². The van der Waals surface area contributed by atoms with Crippen LogP contribution in [0.25, 0.3) is 0 Å². The molecule has 0 bridgehead atoms. The summed E-state index contributed by atoms with van der Waals surface area (Å²) in [7, 11) is 0. The Morgan fingerprint density at radius 1 is 1.29 bits per heavy atom. The van der Waals surface area contributed by atoms with E-state index in [-0.39, 0.29) is 18.3 Å². The van der Waals surface area contributed by atoms with Gasteiger partial charge in [0.05, 0.1) is 0 Å². The third kappa shape index (κ3) is 7.21. The second-order valence-corrected chi connectivity index (χ2v) is 4.06. The highest BCUT2D eigenvalue weighted by Gasteiger charge is 2.01. The molecule has 0 aliphatic carbocycles. The van der Waals surface area contributed by atoms with Gasteiger partial charge in [0, 0.05) is 18.0 Å². The summed E-state index contributed by atoms with van der Waals surface area (Å²) in [6.45, 7) is 1.27. The zero-order valence-electron chi connectivity index (χ0n) is 9.62. The first-order valence-corrected chi connectivity index (χ1v) is 5.81. The molecule has 0 aliphatic rings. The fraction of sp³-hybridized carbons (Fsp3) is 0.417. The number of halogens is 2. The maximum absolute atomic E-state index is 11.4. The predicted molar refractivity (Wildman–Crippen MR) is 73.7 cm³/mol. The largest absolute Gasteiger partial charge is 0.356 e. The van der Waals surface area contributed by atoms with E-state index in [1.165, 1.54) is 0 Å². The predicted octanol–water partition coefficient (Wildman–Crippen LogP) is 2.16. The van der Waals surface area contributed by atoms with Gasteiger partial charge < -0.3 is 11.1 Å². The van der Waals surface area contributed by atoms with Gasteiger partial charge in [0.25, 0.3) is 0 Å². The number of nitrogens with one attached hydrogen (secondary N) is 1. The van der Waals surface area contributed by atoms with Crippen LogP contribution in [0.1, 0.15) is 18.4 Å². The number of nitrogens with two attached hydrogens (primary N) is 1. The van der Waals surface area contributed by atoms with Crippen molar-refractivity contribution in [3.05, 3.63) is 34.9 Å². The first-order valence-electron chi connectivity index (χ1n) is 5.43. The summed E-state index contributed by atoms with van der Waals surface area (Å²) in [6, 6.07) is 7.55. The minimum Gasteiger partial charge on any atom is -0.356 e. The van der Waals surface area contributed by atoms with Crippen LogP contribution in [0, 0.1) is 0 Å². The van der Waals surface area contributed by atoms with Crippen molar-refractivity contribution in [1.82, 2.24) is 5.32 Å². The van der Waals surface area contributed by atoms with E-state index >= 15 is 0 Å². The Balaban J connectivity index is 0.00000256. The van der Waals surface area contributed by atoms with Crippen molar-refractivity contribution < 1.29 is 4.79 Å². The van der Waals surface area contributed by atoms with Crippen LogP contribution >= 0.6 is 24.0 Å². The molecule has 0 spiro atoms. The van der Waals surface area contributed by atoms with Crippen molar-refractivity contribution >= 4 is 29.9 Å². The van der Waals surface area contributed by atoms with Gasteiger partial charge in [0.15, 0.2) is 0 Å². The van der Waals surface area contributed by atoms with Crippen LogP contribution in [0.4, 0.5) is 0 Å². The van der Waals surface area contributed by atoms with E-state index in [9.17, 15) is 4.79 Å². The molecule has 0 aliphatic heterocycles. The second kappa shape index (κ2) is 9.28. The molecular weight excluding hydrogens is 259 g/mol. The summed E-state index contributed by atoms with van der Waals surface area (Å²) in [6.07, 6.45) is 2.07. The highest BCUT2D eigenvalue weighted by atomic mass is 35.5. The average Bonchev–Trinajstić information content (AvgIpc) is 2.29. The third-order valence-corrected chi connectivity index (χ3v) is 2.51. The first kappa shape index (κ1) is 16.2. The summed E-state index contributed by atoms with van der Waals surface area (Å²) in [4.78, 5) is 11.4. The molecule has 0 heterocycles.